The minimum Gasteiger partial charge on any atom is -0.462 e. The molecule has 0 aliphatic heterocycles. The third-order valence-electron chi connectivity index (χ3n) is 3.73. The summed E-state index contributed by atoms with van der Waals surface area (Å²) in [7, 11) is 0. The summed E-state index contributed by atoms with van der Waals surface area (Å²) >= 11 is 0. The second-order valence-electron chi connectivity index (χ2n) is 5.40. The van der Waals surface area contributed by atoms with Crippen LogP contribution in [-0.4, -0.2) is 17.1 Å². The predicted molar refractivity (Wildman–Crippen MR) is 88.2 cm³/mol. The van der Waals surface area contributed by atoms with Gasteiger partial charge in [-0.25, -0.2) is 4.79 Å². The number of esters is 1. The van der Waals surface area contributed by atoms with Crippen molar-refractivity contribution in [2.75, 3.05) is 6.61 Å². The fourth-order valence-corrected chi connectivity index (χ4v) is 2.69. The van der Waals surface area contributed by atoms with Crippen LogP contribution in [0.5, 0.6) is 0 Å². The molecule has 3 aromatic rings. The Morgan fingerprint density at radius 1 is 1.14 bits per heavy atom. The van der Waals surface area contributed by atoms with Crippen LogP contribution in [0.15, 0.2) is 54.7 Å². The van der Waals surface area contributed by atoms with Crippen LogP contribution in [0.2, 0.25) is 0 Å². The summed E-state index contributed by atoms with van der Waals surface area (Å²) in [6.45, 7) is 4.98. The number of nitrogens with zero attached hydrogens (tertiary/aromatic N) is 1. The van der Waals surface area contributed by atoms with Gasteiger partial charge in [0.25, 0.3) is 0 Å². The van der Waals surface area contributed by atoms with Crippen molar-refractivity contribution >= 4 is 16.9 Å². The Morgan fingerprint density at radius 2 is 1.91 bits per heavy atom. The molecule has 0 saturated heterocycles. The zero-order valence-corrected chi connectivity index (χ0v) is 12.9. The van der Waals surface area contributed by atoms with Crippen molar-refractivity contribution in [1.82, 2.24) is 4.57 Å². The maximum Gasteiger partial charge on any atom is 0.340 e. The fraction of sp³-hybridized carbons (Fsp3) is 0.211. The molecule has 0 aliphatic carbocycles. The molecule has 0 aliphatic rings. The minimum absolute atomic E-state index is 0.259. The molecule has 3 nitrogen and oxygen atoms in total. The maximum atomic E-state index is 12.2. The van der Waals surface area contributed by atoms with E-state index in [2.05, 4.69) is 28.8 Å². The van der Waals surface area contributed by atoms with E-state index in [-0.39, 0.29) is 5.97 Å². The molecule has 2 aromatic carbocycles. The van der Waals surface area contributed by atoms with Gasteiger partial charge in [0.1, 0.15) is 0 Å². The van der Waals surface area contributed by atoms with E-state index < -0.39 is 0 Å². The lowest BCUT2D eigenvalue weighted by Gasteiger charge is -2.05. The molecule has 112 valence electrons. The summed E-state index contributed by atoms with van der Waals surface area (Å²) in [5, 5.41) is 0.953. The number of ether oxygens (including phenoxy) is 1. The molecule has 22 heavy (non-hydrogen) atoms. The molecule has 0 N–H and O–H groups in total. The first-order valence-corrected chi connectivity index (χ1v) is 7.49. The van der Waals surface area contributed by atoms with Gasteiger partial charge >= 0.3 is 5.97 Å². The summed E-state index contributed by atoms with van der Waals surface area (Å²) in [5.74, 6) is -0.259. The Kier molecular flexibility index (Phi) is 3.96. The van der Waals surface area contributed by atoms with Crippen molar-refractivity contribution in [3.63, 3.8) is 0 Å². The highest BCUT2D eigenvalue weighted by Crippen LogP contribution is 2.24. The molecule has 0 radical (unpaired) electrons. The number of hydrogen-bond donors (Lipinski definition) is 0. The van der Waals surface area contributed by atoms with Crippen LogP contribution >= 0.6 is 0 Å². The normalized spacial score (nSPS) is 10.8. The van der Waals surface area contributed by atoms with Crippen LogP contribution < -0.4 is 0 Å². The van der Waals surface area contributed by atoms with E-state index in [0.29, 0.717) is 12.2 Å². The summed E-state index contributed by atoms with van der Waals surface area (Å²) in [5.41, 5.74) is 4.03. The molecule has 1 heterocycles. The van der Waals surface area contributed by atoms with Gasteiger partial charge < -0.3 is 9.30 Å². The topological polar surface area (TPSA) is 31.2 Å². The zero-order chi connectivity index (χ0) is 15.5. The average molecular weight is 293 g/mol. The van der Waals surface area contributed by atoms with Crippen molar-refractivity contribution in [3.8, 4) is 0 Å². The molecule has 0 amide bonds. The number of carbonyl (C=O) groups excluding carboxylic acids is 1. The van der Waals surface area contributed by atoms with E-state index in [1.54, 1.807) is 0 Å². The first-order chi connectivity index (χ1) is 10.7. The van der Waals surface area contributed by atoms with Gasteiger partial charge in [0.05, 0.1) is 12.2 Å². The van der Waals surface area contributed by atoms with Gasteiger partial charge in [-0.2, -0.15) is 0 Å². The summed E-state index contributed by atoms with van der Waals surface area (Å²) in [4.78, 5) is 12.2. The smallest absolute Gasteiger partial charge is 0.340 e. The molecule has 3 rings (SSSR count). The molecule has 0 unspecified atom stereocenters. The predicted octanol–water partition coefficient (Wildman–Crippen LogP) is 4.17. The SMILES string of the molecule is CCOC(=O)c1cn(Cc2ccccc2)c2ccc(C)cc12. The third kappa shape index (κ3) is 2.75. The van der Waals surface area contributed by atoms with E-state index in [9.17, 15) is 4.79 Å². The van der Waals surface area contributed by atoms with Gasteiger partial charge in [-0.05, 0) is 31.5 Å². The first kappa shape index (κ1) is 14.4. The molecular formula is C19H19NO2. The number of carbonyl (C=O) groups is 1. The van der Waals surface area contributed by atoms with Crippen LogP contribution in [0.25, 0.3) is 10.9 Å². The van der Waals surface area contributed by atoms with Crippen LogP contribution in [0, 0.1) is 6.92 Å². The van der Waals surface area contributed by atoms with Gasteiger partial charge in [0, 0.05) is 23.6 Å². The molecule has 0 fully saturated rings. The quantitative estimate of drug-likeness (QED) is 0.676. The largest absolute Gasteiger partial charge is 0.462 e. The Hall–Kier alpha value is -2.55. The Bertz CT molecular complexity index is 803. The fourth-order valence-electron chi connectivity index (χ4n) is 2.69. The van der Waals surface area contributed by atoms with Gasteiger partial charge in [-0.15, -0.1) is 0 Å². The molecule has 1 aromatic heterocycles. The van der Waals surface area contributed by atoms with Crippen molar-refractivity contribution in [3.05, 3.63) is 71.4 Å². The second kappa shape index (κ2) is 6.06. The molecule has 0 saturated carbocycles. The van der Waals surface area contributed by atoms with E-state index in [1.165, 1.54) is 5.56 Å². The summed E-state index contributed by atoms with van der Waals surface area (Å²) in [6, 6.07) is 16.4. The van der Waals surface area contributed by atoms with Crippen LogP contribution in [0.3, 0.4) is 0 Å². The van der Waals surface area contributed by atoms with Gasteiger partial charge in [0.2, 0.25) is 0 Å². The van der Waals surface area contributed by atoms with E-state index in [1.807, 2.05) is 44.3 Å². The molecule has 0 bridgehead atoms. The number of benzene rings is 2. The van der Waals surface area contributed by atoms with Crippen molar-refractivity contribution < 1.29 is 9.53 Å². The second-order valence-corrected chi connectivity index (χ2v) is 5.40. The lowest BCUT2D eigenvalue weighted by Crippen LogP contribution is -2.04. The molecule has 0 spiro atoms. The van der Waals surface area contributed by atoms with E-state index >= 15 is 0 Å². The first-order valence-electron chi connectivity index (χ1n) is 7.49. The number of rotatable bonds is 4. The van der Waals surface area contributed by atoms with Crippen molar-refractivity contribution in [2.24, 2.45) is 0 Å². The Morgan fingerprint density at radius 3 is 2.64 bits per heavy atom. The highest BCUT2D eigenvalue weighted by molar-refractivity contribution is 6.04. The highest BCUT2D eigenvalue weighted by atomic mass is 16.5. The summed E-state index contributed by atoms with van der Waals surface area (Å²) in [6.07, 6.45) is 1.90. The van der Waals surface area contributed by atoms with Gasteiger partial charge in [0.15, 0.2) is 0 Å². The third-order valence-corrected chi connectivity index (χ3v) is 3.73. The van der Waals surface area contributed by atoms with Crippen molar-refractivity contribution in [1.29, 1.82) is 0 Å². The molecule has 3 heteroatoms. The number of fused-ring (bicyclic) bond motifs is 1. The van der Waals surface area contributed by atoms with Crippen LogP contribution in [0.4, 0.5) is 0 Å². The van der Waals surface area contributed by atoms with Crippen LogP contribution in [-0.2, 0) is 11.3 Å². The van der Waals surface area contributed by atoms with E-state index in [4.69, 9.17) is 4.74 Å². The minimum atomic E-state index is -0.259. The van der Waals surface area contributed by atoms with Gasteiger partial charge in [-0.1, -0.05) is 42.0 Å². The lowest BCUT2D eigenvalue weighted by atomic mass is 10.1. The number of hydrogen-bond acceptors (Lipinski definition) is 2. The Labute approximate surface area is 130 Å². The van der Waals surface area contributed by atoms with Crippen molar-refractivity contribution in [2.45, 2.75) is 20.4 Å². The Balaban J connectivity index is 2.09. The molecule has 0 atom stereocenters. The zero-order valence-electron chi connectivity index (χ0n) is 12.9. The standard InChI is InChI=1S/C19H19NO2/c1-3-22-19(21)17-13-20(12-15-7-5-4-6-8-15)18-10-9-14(2)11-16(17)18/h4-11,13H,3,12H2,1-2H3. The van der Waals surface area contributed by atoms with Crippen LogP contribution in [0.1, 0.15) is 28.4 Å². The molecular weight excluding hydrogens is 274 g/mol. The lowest BCUT2D eigenvalue weighted by molar-refractivity contribution is 0.0528. The highest BCUT2D eigenvalue weighted by Gasteiger charge is 2.16. The number of aryl methyl sites for hydroxylation is 1. The number of aromatic nitrogens is 1. The summed E-state index contributed by atoms with van der Waals surface area (Å²) < 4.78 is 7.29. The van der Waals surface area contributed by atoms with E-state index in [0.717, 1.165) is 23.0 Å². The maximum absolute atomic E-state index is 12.2. The average Bonchev–Trinajstić information content (AvgIpc) is 2.86. The van der Waals surface area contributed by atoms with Gasteiger partial charge in [-0.3, -0.25) is 0 Å². The monoisotopic (exact) mass is 293 g/mol.